The van der Waals surface area contributed by atoms with E-state index in [-0.39, 0.29) is 0 Å². The predicted molar refractivity (Wildman–Crippen MR) is 54.9 cm³/mol. The van der Waals surface area contributed by atoms with Crippen LogP contribution in [0.4, 0.5) is 0 Å². The van der Waals surface area contributed by atoms with E-state index >= 15 is 0 Å². The Bertz CT molecular complexity index is 236. The van der Waals surface area contributed by atoms with Crippen LogP contribution >= 0.6 is 0 Å². The quantitative estimate of drug-likeness (QED) is 0.549. The first kappa shape index (κ1) is 8.79. The summed E-state index contributed by atoms with van der Waals surface area (Å²) >= 11 is 0. The van der Waals surface area contributed by atoms with E-state index in [1.807, 2.05) is 12.2 Å². The number of hydrogen-bond donors (Lipinski definition) is 0. The molecule has 0 spiro atoms. The lowest BCUT2D eigenvalue weighted by Crippen LogP contribution is -1.83. The van der Waals surface area contributed by atoms with Crippen molar-refractivity contribution in [1.29, 1.82) is 0 Å². The van der Waals surface area contributed by atoms with Gasteiger partial charge >= 0.3 is 0 Å². The lowest BCUT2D eigenvalue weighted by atomic mass is 10.0. The van der Waals surface area contributed by atoms with Crippen molar-refractivity contribution in [1.82, 2.24) is 0 Å². The van der Waals surface area contributed by atoms with Gasteiger partial charge in [-0.05, 0) is 18.4 Å². The fourth-order valence-electron chi connectivity index (χ4n) is 1.28. The first-order valence-electron chi connectivity index (χ1n) is 4.17. The Balaban J connectivity index is 2.81. The summed E-state index contributed by atoms with van der Waals surface area (Å²) < 4.78 is 0. The minimum absolute atomic E-state index is 0.954. The van der Waals surface area contributed by atoms with Crippen LogP contribution in [0.1, 0.15) is 12.8 Å². The third kappa shape index (κ3) is 2.09. The average Bonchev–Trinajstić information content (AvgIpc) is 2.56. The van der Waals surface area contributed by atoms with Crippen LogP contribution in [0.2, 0.25) is 0 Å². The van der Waals surface area contributed by atoms with Crippen LogP contribution in [0.3, 0.4) is 0 Å². The highest BCUT2D eigenvalue weighted by atomic mass is 14.1. The molecule has 0 bridgehead atoms. The summed E-state index contributed by atoms with van der Waals surface area (Å²) in [6.07, 6.45) is 14.2. The third-order valence-electron chi connectivity index (χ3n) is 1.85. The summed E-state index contributed by atoms with van der Waals surface area (Å²) in [4.78, 5) is 0. The van der Waals surface area contributed by atoms with Gasteiger partial charge < -0.3 is 0 Å². The molecule has 1 aliphatic carbocycles. The maximum Gasteiger partial charge on any atom is -0.0129 e. The molecule has 1 aliphatic rings. The van der Waals surface area contributed by atoms with E-state index < -0.39 is 0 Å². The van der Waals surface area contributed by atoms with Crippen LogP contribution in [-0.4, -0.2) is 0 Å². The summed E-state index contributed by atoms with van der Waals surface area (Å²) in [6, 6.07) is 0. The first-order valence-corrected chi connectivity index (χ1v) is 4.17. The van der Waals surface area contributed by atoms with Gasteiger partial charge in [0.05, 0.1) is 0 Å². The molecule has 0 unspecified atom stereocenters. The van der Waals surface area contributed by atoms with Crippen molar-refractivity contribution in [3.63, 3.8) is 0 Å². The van der Waals surface area contributed by atoms with Gasteiger partial charge in [-0.3, -0.25) is 0 Å². The highest BCUT2D eigenvalue weighted by Crippen LogP contribution is 2.19. The zero-order chi connectivity index (χ0) is 8.81. The summed E-state index contributed by atoms with van der Waals surface area (Å²) in [5, 5.41) is 0. The van der Waals surface area contributed by atoms with Crippen LogP contribution in [0.15, 0.2) is 60.8 Å². The minimum atomic E-state index is 0.954. The first-order chi connectivity index (χ1) is 5.88. The molecule has 0 fully saturated rings. The Morgan fingerprint density at radius 1 is 1.08 bits per heavy atom. The van der Waals surface area contributed by atoms with Crippen LogP contribution < -0.4 is 0 Å². The molecule has 0 aliphatic heterocycles. The number of allylic oxidation sites excluding steroid dienone is 8. The molecule has 12 heavy (non-hydrogen) atoms. The summed E-state index contributed by atoms with van der Waals surface area (Å²) in [6.45, 7) is 7.47. The number of rotatable bonds is 4. The topological polar surface area (TPSA) is 0 Å². The Labute approximate surface area is 74.3 Å². The molecule has 0 nitrogen and oxygen atoms in total. The summed E-state index contributed by atoms with van der Waals surface area (Å²) in [5.41, 5.74) is 2.71. The molecular weight excluding hydrogens is 144 g/mol. The SMILES string of the molecule is C=CCC(CC=C)=C1C=CC=C1. The van der Waals surface area contributed by atoms with E-state index in [2.05, 4.69) is 37.5 Å². The maximum atomic E-state index is 3.74. The average molecular weight is 158 g/mol. The van der Waals surface area contributed by atoms with Gasteiger partial charge in [0.25, 0.3) is 0 Å². The van der Waals surface area contributed by atoms with Crippen molar-refractivity contribution in [3.8, 4) is 0 Å². The zero-order valence-corrected chi connectivity index (χ0v) is 7.29. The highest BCUT2D eigenvalue weighted by Gasteiger charge is 2.00. The maximum absolute atomic E-state index is 3.74. The Morgan fingerprint density at radius 2 is 1.58 bits per heavy atom. The van der Waals surface area contributed by atoms with E-state index in [1.165, 1.54) is 11.1 Å². The Morgan fingerprint density at radius 3 is 2.00 bits per heavy atom. The monoisotopic (exact) mass is 158 g/mol. The molecule has 62 valence electrons. The van der Waals surface area contributed by atoms with Crippen LogP contribution in [0.5, 0.6) is 0 Å². The molecule has 0 aromatic heterocycles. The van der Waals surface area contributed by atoms with Crippen molar-refractivity contribution in [3.05, 3.63) is 60.8 Å². The predicted octanol–water partition coefficient (Wildman–Crippen LogP) is 3.56. The van der Waals surface area contributed by atoms with Gasteiger partial charge in [0.2, 0.25) is 0 Å². The van der Waals surface area contributed by atoms with E-state index in [9.17, 15) is 0 Å². The van der Waals surface area contributed by atoms with Crippen LogP contribution in [0, 0.1) is 0 Å². The highest BCUT2D eigenvalue weighted by molar-refractivity contribution is 5.44. The smallest absolute Gasteiger partial charge is 0.0129 e. The summed E-state index contributed by atoms with van der Waals surface area (Å²) in [5.74, 6) is 0. The van der Waals surface area contributed by atoms with Gasteiger partial charge in [-0.15, -0.1) is 13.2 Å². The van der Waals surface area contributed by atoms with Crippen molar-refractivity contribution in [2.24, 2.45) is 0 Å². The molecule has 0 heteroatoms. The van der Waals surface area contributed by atoms with Gasteiger partial charge in [0.15, 0.2) is 0 Å². The Kier molecular flexibility index (Phi) is 3.34. The second-order valence-electron chi connectivity index (χ2n) is 2.76. The van der Waals surface area contributed by atoms with Gasteiger partial charge in [-0.25, -0.2) is 0 Å². The second-order valence-corrected chi connectivity index (χ2v) is 2.76. The van der Waals surface area contributed by atoms with Crippen LogP contribution in [-0.2, 0) is 0 Å². The van der Waals surface area contributed by atoms with Crippen molar-refractivity contribution in [2.75, 3.05) is 0 Å². The summed E-state index contributed by atoms with van der Waals surface area (Å²) in [7, 11) is 0. The van der Waals surface area contributed by atoms with E-state index in [4.69, 9.17) is 0 Å². The van der Waals surface area contributed by atoms with Crippen molar-refractivity contribution >= 4 is 0 Å². The fraction of sp³-hybridized carbons (Fsp3) is 0.167. The van der Waals surface area contributed by atoms with Gasteiger partial charge in [-0.2, -0.15) is 0 Å². The third-order valence-corrected chi connectivity index (χ3v) is 1.85. The standard InChI is InChI=1S/C12H14/c1-3-7-11(8-4-2)12-9-5-6-10-12/h3-6,9-10H,1-2,7-8H2. The largest absolute Gasteiger partial charge is 0.103 e. The van der Waals surface area contributed by atoms with E-state index in [0.29, 0.717) is 0 Å². The zero-order valence-electron chi connectivity index (χ0n) is 7.29. The van der Waals surface area contributed by atoms with Gasteiger partial charge in [0, 0.05) is 0 Å². The molecule has 1 rings (SSSR count). The van der Waals surface area contributed by atoms with Crippen molar-refractivity contribution in [2.45, 2.75) is 12.8 Å². The van der Waals surface area contributed by atoms with Crippen molar-refractivity contribution < 1.29 is 0 Å². The molecular formula is C12H14. The van der Waals surface area contributed by atoms with Gasteiger partial charge in [0.1, 0.15) is 0 Å². The second kappa shape index (κ2) is 4.55. The molecule has 0 saturated carbocycles. The molecule has 0 atom stereocenters. The lowest BCUT2D eigenvalue weighted by molar-refractivity contribution is 1.10. The van der Waals surface area contributed by atoms with E-state index in [0.717, 1.165) is 12.8 Å². The van der Waals surface area contributed by atoms with E-state index in [1.54, 1.807) is 0 Å². The fourth-order valence-corrected chi connectivity index (χ4v) is 1.28. The molecule has 0 heterocycles. The van der Waals surface area contributed by atoms with Gasteiger partial charge in [-0.1, -0.05) is 42.0 Å². The Hall–Kier alpha value is -1.30. The lowest BCUT2D eigenvalue weighted by Gasteiger charge is -2.03. The normalized spacial score (nSPS) is 13.5. The molecule has 0 amide bonds. The molecule has 0 saturated heterocycles. The van der Waals surface area contributed by atoms with Crippen LogP contribution in [0.25, 0.3) is 0 Å². The minimum Gasteiger partial charge on any atom is -0.103 e. The number of hydrogen-bond acceptors (Lipinski definition) is 0. The molecule has 0 aromatic carbocycles. The molecule has 0 radical (unpaired) electrons. The molecule has 0 N–H and O–H groups in total. The molecule has 0 aromatic rings.